The van der Waals surface area contributed by atoms with E-state index in [-0.39, 0.29) is 5.56 Å². The van der Waals surface area contributed by atoms with Crippen molar-refractivity contribution in [1.82, 2.24) is 0 Å². The number of fused-ring (bicyclic) bond motifs is 3. The first-order valence-electron chi connectivity index (χ1n) is 5.37. The Bertz CT molecular complexity index is 603. The van der Waals surface area contributed by atoms with Gasteiger partial charge >= 0.3 is 6.75 Å². The summed E-state index contributed by atoms with van der Waals surface area (Å²) in [7, 11) is 0. The number of hydrogen-bond donors (Lipinski definition) is 2. The minimum atomic E-state index is -3.95. The maximum atomic E-state index is 13.5. The Labute approximate surface area is 104 Å². The molecule has 1 saturated carbocycles. The molecule has 1 aliphatic carbocycles. The van der Waals surface area contributed by atoms with E-state index in [1.165, 1.54) is 0 Å². The minimum absolute atomic E-state index is 0.267. The van der Waals surface area contributed by atoms with Crippen LogP contribution in [0.2, 0.25) is 5.82 Å². The number of carboxylic acid groups (broad SMARTS) is 1. The van der Waals surface area contributed by atoms with E-state index < -0.39 is 47.5 Å². The summed E-state index contributed by atoms with van der Waals surface area (Å²) in [6, 6.07) is 1.65. The number of hydrogen-bond acceptors (Lipinski definition) is 5. The second-order valence-electron chi connectivity index (χ2n) is 4.68. The third-order valence-corrected chi connectivity index (χ3v) is 3.54. The average molecular weight is 274 g/mol. The minimum Gasteiger partial charge on any atom is -0.669 e. The van der Waals surface area contributed by atoms with Crippen LogP contribution in [0.25, 0.3) is 0 Å². The van der Waals surface area contributed by atoms with E-state index in [4.69, 9.17) is 0 Å². The largest absolute Gasteiger partial charge is 0.669 e. The van der Waals surface area contributed by atoms with Gasteiger partial charge in [0.1, 0.15) is 5.82 Å². The van der Waals surface area contributed by atoms with Gasteiger partial charge in [0, 0.05) is 11.7 Å². The van der Waals surface area contributed by atoms with Crippen LogP contribution in [-0.2, 0) is 0 Å². The van der Waals surface area contributed by atoms with Crippen LogP contribution >= 0.6 is 0 Å². The molecule has 1 heterocycles. The van der Waals surface area contributed by atoms with Crippen molar-refractivity contribution in [3.05, 3.63) is 29.1 Å². The van der Waals surface area contributed by atoms with Crippen molar-refractivity contribution in [3.63, 3.8) is 0 Å². The molecule has 2 N–H and O–H groups in total. The van der Waals surface area contributed by atoms with E-state index in [1.807, 2.05) is 0 Å². The number of alkyl halides is 2. The van der Waals surface area contributed by atoms with Gasteiger partial charge in [0.25, 0.3) is 0 Å². The number of rotatable bonds is 1. The molecule has 19 heavy (non-hydrogen) atoms. The molecule has 1 aliphatic heterocycles. The highest BCUT2D eigenvalue weighted by Gasteiger charge is 2.76. The summed E-state index contributed by atoms with van der Waals surface area (Å²) in [5, 5.41) is 29.7. The lowest BCUT2D eigenvalue weighted by molar-refractivity contribution is -0.255. The van der Waals surface area contributed by atoms with Crippen LogP contribution in [0, 0.1) is 5.82 Å². The quantitative estimate of drug-likeness (QED) is 0.680. The molecule has 2 unspecified atom stereocenters. The molecule has 0 spiro atoms. The van der Waals surface area contributed by atoms with Crippen LogP contribution in [0.4, 0.5) is 13.2 Å². The highest BCUT2D eigenvalue weighted by Crippen LogP contribution is 2.72. The molecule has 0 aromatic heterocycles. The maximum Gasteiger partial charge on any atom is 0.440 e. The average Bonchev–Trinajstić information content (AvgIpc) is 2.81. The summed E-state index contributed by atoms with van der Waals surface area (Å²) in [5.74, 6) is -10.9. The van der Waals surface area contributed by atoms with Crippen molar-refractivity contribution in [1.29, 1.82) is 0 Å². The molecule has 1 aromatic rings. The lowest BCUT2D eigenvalue weighted by Crippen LogP contribution is -2.47. The van der Waals surface area contributed by atoms with Gasteiger partial charge in [0.05, 0.1) is 17.3 Å². The lowest BCUT2D eigenvalue weighted by Gasteiger charge is -2.36. The highest BCUT2D eigenvalue weighted by molar-refractivity contribution is 6.62. The van der Waals surface area contributed by atoms with Crippen LogP contribution in [0.15, 0.2) is 12.1 Å². The SMILES string of the molecule is O=C([O-])c1c(F)ccc2c1O[B-](O)(O)C1C2C1(F)F. The van der Waals surface area contributed by atoms with Gasteiger partial charge < -0.3 is 24.6 Å². The molecular weight excluding hydrogens is 268 g/mol. The number of halogens is 3. The van der Waals surface area contributed by atoms with Crippen molar-refractivity contribution >= 4 is 12.7 Å². The fraction of sp³-hybridized carbons (Fsp3) is 0.300. The number of carbonyl (C=O) groups is 1. The molecule has 9 heteroatoms. The molecule has 3 rings (SSSR count). The zero-order valence-electron chi connectivity index (χ0n) is 9.14. The first kappa shape index (κ1) is 12.3. The van der Waals surface area contributed by atoms with Crippen molar-refractivity contribution in [2.45, 2.75) is 17.7 Å². The van der Waals surface area contributed by atoms with E-state index in [1.54, 1.807) is 0 Å². The summed E-state index contributed by atoms with van der Waals surface area (Å²) in [6.07, 6.45) is 0. The molecule has 1 fully saturated rings. The third kappa shape index (κ3) is 1.42. The molecule has 0 radical (unpaired) electrons. The summed E-state index contributed by atoms with van der Waals surface area (Å²) in [6.45, 7) is -3.95. The Morgan fingerprint density at radius 1 is 1.42 bits per heavy atom. The first-order chi connectivity index (χ1) is 8.68. The van der Waals surface area contributed by atoms with Crippen LogP contribution in [-0.4, -0.2) is 28.7 Å². The Morgan fingerprint density at radius 3 is 2.63 bits per heavy atom. The van der Waals surface area contributed by atoms with Crippen LogP contribution in [0.3, 0.4) is 0 Å². The number of carboxylic acids is 1. The standard InChI is InChI=1S/C10H7BF3O5/c12-4-2-1-3-6-8(10(6,13)14)11(17,18)19-7(3)5(4)9(15)16/h1-2,6,8,17-18H,(H,15,16)/q-1/p-1. The molecule has 2 atom stereocenters. The van der Waals surface area contributed by atoms with E-state index >= 15 is 0 Å². The Morgan fingerprint density at radius 2 is 2.05 bits per heavy atom. The molecule has 5 nitrogen and oxygen atoms in total. The highest BCUT2D eigenvalue weighted by atomic mass is 19.3. The summed E-state index contributed by atoms with van der Waals surface area (Å²) < 4.78 is 44.8. The van der Waals surface area contributed by atoms with Crippen LogP contribution < -0.4 is 9.76 Å². The van der Waals surface area contributed by atoms with Crippen LogP contribution in [0.1, 0.15) is 21.8 Å². The van der Waals surface area contributed by atoms with Crippen LogP contribution in [0.5, 0.6) is 5.75 Å². The van der Waals surface area contributed by atoms with E-state index in [0.29, 0.717) is 6.07 Å². The van der Waals surface area contributed by atoms with E-state index in [9.17, 15) is 33.1 Å². The Hall–Kier alpha value is -1.74. The Balaban J connectivity index is 2.24. The lowest BCUT2D eigenvalue weighted by atomic mass is 9.68. The zero-order valence-corrected chi connectivity index (χ0v) is 9.14. The summed E-state index contributed by atoms with van der Waals surface area (Å²) in [4.78, 5) is 10.8. The van der Waals surface area contributed by atoms with E-state index in [0.717, 1.165) is 6.07 Å². The number of benzene rings is 1. The van der Waals surface area contributed by atoms with Gasteiger partial charge in [-0.05, 0) is 11.6 Å². The smallest absolute Gasteiger partial charge is 0.440 e. The molecule has 102 valence electrons. The molecular formula is C10H6BF3O5-2. The molecule has 0 amide bonds. The number of aromatic carboxylic acids is 1. The molecule has 2 aliphatic rings. The van der Waals surface area contributed by atoms with Crippen molar-refractivity contribution in [2.75, 3.05) is 0 Å². The van der Waals surface area contributed by atoms with Gasteiger partial charge in [-0.2, -0.15) is 0 Å². The predicted octanol–water partition coefficient (Wildman–Crippen LogP) is -0.392. The maximum absolute atomic E-state index is 13.5. The van der Waals surface area contributed by atoms with Gasteiger partial charge in [-0.3, -0.25) is 0 Å². The normalized spacial score (nSPS) is 28.9. The van der Waals surface area contributed by atoms with Gasteiger partial charge in [-0.1, -0.05) is 6.07 Å². The second-order valence-corrected chi connectivity index (χ2v) is 4.68. The molecule has 0 bridgehead atoms. The number of carbonyl (C=O) groups excluding carboxylic acids is 1. The predicted molar refractivity (Wildman–Crippen MR) is 53.0 cm³/mol. The second kappa shape index (κ2) is 3.23. The van der Waals surface area contributed by atoms with Crippen molar-refractivity contribution < 1.29 is 37.8 Å². The fourth-order valence-electron chi connectivity index (χ4n) is 2.68. The van der Waals surface area contributed by atoms with Crippen molar-refractivity contribution in [2.24, 2.45) is 0 Å². The van der Waals surface area contributed by atoms with Crippen molar-refractivity contribution in [3.8, 4) is 5.75 Å². The third-order valence-electron chi connectivity index (χ3n) is 3.54. The molecule has 0 saturated heterocycles. The first-order valence-corrected chi connectivity index (χ1v) is 5.37. The molecule has 1 aromatic carbocycles. The van der Waals surface area contributed by atoms with Gasteiger partial charge in [-0.25, -0.2) is 13.2 Å². The fourth-order valence-corrected chi connectivity index (χ4v) is 2.68. The summed E-state index contributed by atoms with van der Waals surface area (Å²) in [5.41, 5.74) is -1.36. The summed E-state index contributed by atoms with van der Waals surface area (Å²) >= 11 is 0. The van der Waals surface area contributed by atoms with Gasteiger partial charge in [0.15, 0.2) is 0 Å². The Kier molecular flexibility index (Phi) is 2.09. The van der Waals surface area contributed by atoms with E-state index in [2.05, 4.69) is 4.65 Å². The van der Waals surface area contributed by atoms with Gasteiger partial charge in [0.2, 0.25) is 5.92 Å². The monoisotopic (exact) mass is 274 g/mol. The van der Waals surface area contributed by atoms with Gasteiger partial charge in [-0.15, -0.1) is 0 Å². The topological polar surface area (TPSA) is 89.8 Å². The zero-order chi connectivity index (χ0) is 14.2.